The molecule has 9 heteroatoms. The monoisotopic (exact) mass is 486 g/mol. The molecule has 1 atom stereocenters. The molecule has 0 amide bonds. The molecule has 0 spiro atoms. The van der Waals surface area contributed by atoms with Gasteiger partial charge in [-0.3, -0.25) is 14.8 Å². The van der Waals surface area contributed by atoms with Crippen LogP contribution in [0.5, 0.6) is 0 Å². The van der Waals surface area contributed by atoms with Crippen molar-refractivity contribution < 1.29 is 5.11 Å². The highest BCUT2D eigenvalue weighted by Gasteiger charge is 2.17. The summed E-state index contributed by atoms with van der Waals surface area (Å²) in [5.41, 5.74) is 7.95. The predicted molar refractivity (Wildman–Crippen MR) is 139 cm³/mol. The average molecular weight is 487 g/mol. The van der Waals surface area contributed by atoms with Crippen molar-refractivity contribution in [2.45, 2.75) is 26.5 Å². The van der Waals surface area contributed by atoms with Crippen LogP contribution in [0.1, 0.15) is 23.7 Å². The van der Waals surface area contributed by atoms with Crippen LogP contribution in [0.4, 0.5) is 11.6 Å². The number of nitrogen functional groups attached to an aromatic ring is 1. The van der Waals surface area contributed by atoms with E-state index >= 15 is 0 Å². The first-order valence-electron chi connectivity index (χ1n) is 10.8. The predicted octanol–water partition coefficient (Wildman–Crippen LogP) is 3.69. The van der Waals surface area contributed by atoms with Gasteiger partial charge in [0.2, 0.25) is 0 Å². The summed E-state index contributed by atoms with van der Waals surface area (Å²) in [4.78, 5) is 21.9. The van der Waals surface area contributed by atoms with Gasteiger partial charge in [0.25, 0.3) is 5.56 Å². The summed E-state index contributed by atoms with van der Waals surface area (Å²) in [6, 6.07) is 14.7. The molecule has 0 radical (unpaired) electrons. The van der Waals surface area contributed by atoms with Crippen molar-refractivity contribution in [1.82, 2.24) is 14.5 Å². The molecule has 0 fully saturated rings. The smallest absolute Gasteiger partial charge is 0.263 e. The number of hydrogen-bond acceptors (Lipinski definition) is 7. The van der Waals surface area contributed by atoms with Crippen LogP contribution in [-0.2, 0) is 6.54 Å². The summed E-state index contributed by atoms with van der Waals surface area (Å²) in [5, 5.41) is 22.8. The number of aromatic nitrogens is 3. The van der Waals surface area contributed by atoms with Crippen LogP contribution in [0.25, 0.3) is 16.5 Å². The lowest BCUT2D eigenvalue weighted by atomic mass is 10.1. The number of hydrogen-bond donors (Lipinski definition) is 4. The maximum Gasteiger partial charge on any atom is 0.263 e. The largest absolute Gasteiger partial charge is 0.383 e. The number of nitrogens with zero attached hydrogens (tertiary/aromatic N) is 3. The highest BCUT2D eigenvalue weighted by molar-refractivity contribution is 6.32. The third-order valence-electron chi connectivity index (χ3n) is 5.39. The molecule has 0 saturated heterocycles. The molecule has 8 nitrogen and oxygen atoms in total. The number of aliphatic hydroxyl groups excluding tert-OH is 1. The molecule has 0 aliphatic carbocycles. The number of halogens is 1. The van der Waals surface area contributed by atoms with E-state index in [2.05, 4.69) is 27.1 Å². The average Bonchev–Trinajstić information content (AvgIpc) is 2.82. The molecule has 0 aliphatic heterocycles. The number of fused-ring (bicyclic) bond motifs is 1. The fourth-order valence-electron chi connectivity index (χ4n) is 3.81. The fraction of sp³-hybridized carbons (Fsp3) is 0.154. The summed E-state index contributed by atoms with van der Waals surface area (Å²) < 4.78 is 1.58. The standard InChI is InChI=1S/C26H23ClN6O2/c1-15-6-5-7-17-12-18(33(26(35)22(15)17)21-9-4-3-8-19(21)27)13-30-25-23(24(29)31-14-32-25)20(28)11-10-16(2)34/h3-9,12,14,16,28,34H,13H2,1-2H3,(H3,29,30,31,32)/t16-/m1/s1. The zero-order valence-corrected chi connectivity index (χ0v) is 19.9. The molecule has 0 aliphatic rings. The van der Waals surface area contributed by atoms with Gasteiger partial charge in [-0.15, -0.1) is 0 Å². The van der Waals surface area contributed by atoms with Gasteiger partial charge < -0.3 is 16.2 Å². The van der Waals surface area contributed by atoms with Crippen LogP contribution in [0.2, 0.25) is 5.02 Å². The Morgan fingerprint density at radius 2 is 2.03 bits per heavy atom. The molecular formula is C26H23ClN6O2. The van der Waals surface area contributed by atoms with Crippen molar-refractivity contribution in [3.63, 3.8) is 0 Å². The minimum absolute atomic E-state index is 0.0741. The minimum atomic E-state index is -0.899. The summed E-state index contributed by atoms with van der Waals surface area (Å²) >= 11 is 6.48. The van der Waals surface area contributed by atoms with Gasteiger partial charge in [-0.2, -0.15) is 0 Å². The van der Waals surface area contributed by atoms with E-state index in [9.17, 15) is 9.90 Å². The fourth-order valence-corrected chi connectivity index (χ4v) is 4.03. The first kappa shape index (κ1) is 24.0. The normalized spacial score (nSPS) is 11.5. The molecule has 2 aromatic carbocycles. The maximum absolute atomic E-state index is 13.7. The Balaban J connectivity index is 1.83. The summed E-state index contributed by atoms with van der Waals surface area (Å²) in [5.74, 6) is 5.45. The number of aryl methyl sites for hydroxylation is 1. The Kier molecular flexibility index (Phi) is 6.82. The van der Waals surface area contributed by atoms with Crippen LogP contribution in [0.3, 0.4) is 0 Å². The van der Waals surface area contributed by atoms with E-state index in [4.69, 9.17) is 22.7 Å². The number of aliphatic hydroxyl groups is 1. The first-order chi connectivity index (χ1) is 16.8. The SMILES string of the molecule is Cc1cccc2cc(CNc3ncnc(N)c3C(=N)C#C[C@@H](C)O)n(-c3ccccc3Cl)c(=O)c12. The summed E-state index contributed by atoms with van der Waals surface area (Å²) in [7, 11) is 0. The van der Waals surface area contributed by atoms with Crippen molar-refractivity contribution in [2.75, 3.05) is 11.1 Å². The highest BCUT2D eigenvalue weighted by atomic mass is 35.5. The van der Waals surface area contributed by atoms with E-state index in [1.165, 1.54) is 13.3 Å². The Morgan fingerprint density at radius 1 is 1.26 bits per heavy atom. The first-order valence-corrected chi connectivity index (χ1v) is 11.2. The van der Waals surface area contributed by atoms with Crippen LogP contribution in [0.15, 0.2) is 59.7 Å². The molecule has 0 bridgehead atoms. The molecule has 0 saturated carbocycles. The molecule has 2 heterocycles. The molecule has 176 valence electrons. The Labute approximate surface area is 206 Å². The quantitative estimate of drug-likeness (QED) is 0.251. The topological polar surface area (TPSA) is 130 Å². The van der Waals surface area contributed by atoms with Crippen LogP contribution in [0, 0.1) is 24.2 Å². The lowest BCUT2D eigenvalue weighted by molar-refractivity contribution is 0.253. The number of nitrogens with one attached hydrogen (secondary N) is 2. The number of anilines is 2. The highest BCUT2D eigenvalue weighted by Crippen LogP contribution is 2.25. The molecule has 0 unspecified atom stereocenters. The molecule has 2 aromatic heterocycles. The number of para-hydroxylation sites is 1. The van der Waals surface area contributed by atoms with Gasteiger partial charge >= 0.3 is 0 Å². The molecule has 4 aromatic rings. The van der Waals surface area contributed by atoms with Crippen molar-refractivity contribution in [1.29, 1.82) is 5.41 Å². The third-order valence-corrected chi connectivity index (χ3v) is 5.71. The van der Waals surface area contributed by atoms with E-state index in [0.29, 0.717) is 21.8 Å². The van der Waals surface area contributed by atoms with Gasteiger partial charge in [0.05, 0.1) is 28.2 Å². The van der Waals surface area contributed by atoms with Crippen molar-refractivity contribution in [2.24, 2.45) is 0 Å². The lowest BCUT2D eigenvalue weighted by Crippen LogP contribution is -2.25. The maximum atomic E-state index is 13.7. The zero-order valence-electron chi connectivity index (χ0n) is 19.1. The van der Waals surface area contributed by atoms with Crippen molar-refractivity contribution in [3.05, 3.63) is 87.1 Å². The number of benzene rings is 2. The van der Waals surface area contributed by atoms with Gasteiger partial charge in [-0.1, -0.05) is 47.9 Å². The van der Waals surface area contributed by atoms with Gasteiger partial charge in [0.1, 0.15) is 29.8 Å². The Morgan fingerprint density at radius 3 is 2.77 bits per heavy atom. The summed E-state index contributed by atoms with van der Waals surface area (Å²) in [6.07, 6.45) is 0.380. The van der Waals surface area contributed by atoms with E-state index < -0.39 is 6.10 Å². The van der Waals surface area contributed by atoms with Gasteiger partial charge in [0.15, 0.2) is 0 Å². The molecule has 35 heavy (non-hydrogen) atoms. The second-order valence-electron chi connectivity index (χ2n) is 7.92. The van der Waals surface area contributed by atoms with E-state index in [1.807, 2.05) is 37.3 Å². The number of rotatable bonds is 5. The lowest BCUT2D eigenvalue weighted by Gasteiger charge is -2.18. The third kappa shape index (κ3) is 4.87. The van der Waals surface area contributed by atoms with E-state index in [1.54, 1.807) is 22.8 Å². The van der Waals surface area contributed by atoms with E-state index in [-0.39, 0.29) is 35.0 Å². The zero-order chi connectivity index (χ0) is 25.1. The van der Waals surface area contributed by atoms with E-state index in [0.717, 1.165) is 10.9 Å². The number of nitrogens with two attached hydrogens (primary N) is 1. The van der Waals surface area contributed by atoms with Crippen molar-refractivity contribution >= 4 is 39.7 Å². The van der Waals surface area contributed by atoms with Gasteiger partial charge in [-0.05, 0) is 48.9 Å². The minimum Gasteiger partial charge on any atom is -0.383 e. The van der Waals surface area contributed by atoms with Crippen molar-refractivity contribution in [3.8, 4) is 17.5 Å². The Hall–Kier alpha value is -4.19. The molecule has 4 rings (SSSR count). The molecular weight excluding hydrogens is 464 g/mol. The second kappa shape index (κ2) is 9.97. The van der Waals surface area contributed by atoms with Crippen LogP contribution < -0.4 is 16.6 Å². The van der Waals surface area contributed by atoms with Crippen LogP contribution >= 0.6 is 11.6 Å². The van der Waals surface area contributed by atoms with Crippen LogP contribution in [-0.4, -0.2) is 31.5 Å². The summed E-state index contributed by atoms with van der Waals surface area (Å²) in [6.45, 7) is 3.57. The van der Waals surface area contributed by atoms with Gasteiger partial charge in [0, 0.05) is 5.69 Å². The second-order valence-corrected chi connectivity index (χ2v) is 8.33. The Bertz CT molecular complexity index is 1570. The van der Waals surface area contributed by atoms with Gasteiger partial charge in [-0.25, -0.2) is 9.97 Å². The number of pyridine rings is 1. The molecule has 5 N–H and O–H groups in total.